The third-order valence-corrected chi connectivity index (χ3v) is 2.84. The fourth-order valence-electron chi connectivity index (χ4n) is 1.82. The van der Waals surface area contributed by atoms with Crippen molar-refractivity contribution in [2.24, 2.45) is 5.84 Å². The Morgan fingerprint density at radius 3 is 2.67 bits per heavy atom. The number of nitrogens with two attached hydrogens (primary N) is 1. The maximum absolute atomic E-state index is 5.59. The molecule has 1 saturated heterocycles. The van der Waals surface area contributed by atoms with E-state index in [0.29, 0.717) is 13.2 Å². The molecule has 0 amide bonds. The summed E-state index contributed by atoms with van der Waals surface area (Å²) in [5.41, 5.74) is 4.80. The van der Waals surface area contributed by atoms with Crippen molar-refractivity contribution in [3.8, 4) is 5.75 Å². The van der Waals surface area contributed by atoms with Crippen molar-refractivity contribution in [1.82, 2.24) is 5.43 Å². The molecule has 3 N–H and O–H groups in total. The molecule has 0 saturated carbocycles. The highest BCUT2D eigenvalue weighted by molar-refractivity contribution is 5.43. The topological polar surface area (TPSA) is 56.5 Å². The Morgan fingerprint density at radius 1 is 1.47 bits per heavy atom. The van der Waals surface area contributed by atoms with Gasteiger partial charge >= 0.3 is 0 Å². The molecule has 0 atom stereocenters. The van der Waals surface area contributed by atoms with Crippen molar-refractivity contribution in [3.63, 3.8) is 0 Å². The molecule has 0 spiro atoms. The zero-order chi connectivity index (χ0) is 10.9. The van der Waals surface area contributed by atoms with Crippen LogP contribution in [0.15, 0.2) is 18.2 Å². The molecule has 1 heterocycles. The van der Waals surface area contributed by atoms with Crippen LogP contribution < -0.4 is 16.0 Å². The fraction of sp³-hybridized carbons (Fsp3) is 0.455. The number of nitrogens with one attached hydrogen (secondary N) is 1. The summed E-state index contributed by atoms with van der Waals surface area (Å²) in [6.07, 6.45) is 0. The number of hydrogen-bond acceptors (Lipinski definition) is 4. The molecule has 0 bridgehead atoms. The molecule has 4 nitrogen and oxygen atoms in total. The first-order valence-corrected chi connectivity index (χ1v) is 4.92. The minimum atomic E-state index is -0.280. The molecule has 2 rings (SSSR count). The van der Waals surface area contributed by atoms with Crippen LogP contribution in [-0.4, -0.2) is 20.3 Å². The van der Waals surface area contributed by atoms with Gasteiger partial charge in [0.15, 0.2) is 0 Å². The van der Waals surface area contributed by atoms with E-state index in [0.717, 1.165) is 11.3 Å². The second kappa shape index (κ2) is 3.81. The molecule has 15 heavy (non-hydrogen) atoms. The maximum Gasteiger partial charge on any atom is 0.124 e. The quantitative estimate of drug-likeness (QED) is 0.567. The van der Waals surface area contributed by atoms with Gasteiger partial charge in [0.2, 0.25) is 0 Å². The van der Waals surface area contributed by atoms with E-state index in [2.05, 4.69) is 11.5 Å². The first-order valence-electron chi connectivity index (χ1n) is 4.92. The summed E-state index contributed by atoms with van der Waals surface area (Å²) in [6.45, 7) is 3.22. The Balaban J connectivity index is 2.44. The first kappa shape index (κ1) is 10.4. The van der Waals surface area contributed by atoms with Crippen molar-refractivity contribution < 1.29 is 9.47 Å². The first-order chi connectivity index (χ1) is 7.22. The summed E-state index contributed by atoms with van der Waals surface area (Å²) >= 11 is 0. The van der Waals surface area contributed by atoms with Crippen LogP contribution in [0.25, 0.3) is 0 Å². The second-order valence-corrected chi connectivity index (χ2v) is 3.92. The lowest BCUT2D eigenvalue weighted by Gasteiger charge is -2.41. The Kier molecular flexibility index (Phi) is 2.65. The SMILES string of the molecule is COc1ccc(C)cc1C1(NN)COC1. The second-order valence-electron chi connectivity index (χ2n) is 3.92. The van der Waals surface area contributed by atoms with Gasteiger partial charge in [-0.25, -0.2) is 5.43 Å². The molecule has 0 radical (unpaired) electrons. The predicted octanol–water partition coefficient (Wildman–Crippen LogP) is 0.692. The number of rotatable bonds is 3. The zero-order valence-electron chi connectivity index (χ0n) is 9.04. The number of methoxy groups -OCH3 is 1. The summed E-state index contributed by atoms with van der Waals surface area (Å²) in [7, 11) is 1.66. The lowest BCUT2D eigenvalue weighted by molar-refractivity contribution is -0.0795. The van der Waals surface area contributed by atoms with Gasteiger partial charge in [0.25, 0.3) is 0 Å². The fourth-order valence-corrected chi connectivity index (χ4v) is 1.82. The van der Waals surface area contributed by atoms with Crippen molar-refractivity contribution in [1.29, 1.82) is 0 Å². The standard InChI is InChI=1S/C11H16N2O2/c1-8-3-4-10(14-2)9(5-8)11(13-12)6-15-7-11/h3-5,13H,6-7,12H2,1-2H3. The zero-order valence-corrected chi connectivity index (χ0v) is 9.04. The van der Waals surface area contributed by atoms with Gasteiger partial charge in [-0.3, -0.25) is 5.84 Å². The molecule has 4 heteroatoms. The maximum atomic E-state index is 5.59. The van der Waals surface area contributed by atoms with E-state index < -0.39 is 0 Å². The summed E-state index contributed by atoms with van der Waals surface area (Å²) in [5.74, 6) is 6.44. The van der Waals surface area contributed by atoms with E-state index in [1.165, 1.54) is 5.56 Å². The van der Waals surface area contributed by atoms with Crippen LogP contribution in [0.4, 0.5) is 0 Å². The lowest BCUT2D eigenvalue weighted by Crippen LogP contribution is -2.60. The van der Waals surface area contributed by atoms with Crippen LogP contribution in [0.1, 0.15) is 11.1 Å². The van der Waals surface area contributed by atoms with Crippen LogP contribution >= 0.6 is 0 Å². The molecule has 1 aliphatic rings. The number of hydrazine groups is 1. The van der Waals surface area contributed by atoms with Crippen LogP contribution in [0.2, 0.25) is 0 Å². The van der Waals surface area contributed by atoms with E-state index in [9.17, 15) is 0 Å². The average molecular weight is 208 g/mol. The van der Waals surface area contributed by atoms with Gasteiger partial charge in [0.05, 0.1) is 20.3 Å². The highest BCUT2D eigenvalue weighted by Crippen LogP contribution is 2.35. The number of aryl methyl sites for hydroxylation is 1. The van der Waals surface area contributed by atoms with Crippen molar-refractivity contribution in [2.75, 3.05) is 20.3 Å². The van der Waals surface area contributed by atoms with Gasteiger partial charge in [0, 0.05) is 5.56 Å². The van der Waals surface area contributed by atoms with E-state index in [-0.39, 0.29) is 5.54 Å². The van der Waals surface area contributed by atoms with Gasteiger partial charge < -0.3 is 9.47 Å². The van der Waals surface area contributed by atoms with Crippen molar-refractivity contribution >= 4 is 0 Å². The minimum Gasteiger partial charge on any atom is -0.496 e. The smallest absolute Gasteiger partial charge is 0.124 e. The van der Waals surface area contributed by atoms with E-state index in [4.69, 9.17) is 15.3 Å². The van der Waals surface area contributed by atoms with Crippen molar-refractivity contribution in [2.45, 2.75) is 12.5 Å². The van der Waals surface area contributed by atoms with Crippen LogP contribution in [-0.2, 0) is 10.3 Å². The monoisotopic (exact) mass is 208 g/mol. The lowest BCUT2D eigenvalue weighted by atomic mass is 9.87. The molecule has 82 valence electrons. The highest BCUT2D eigenvalue weighted by Gasteiger charge is 2.41. The number of hydrogen-bond donors (Lipinski definition) is 2. The largest absolute Gasteiger partial charge is 0.496 e. The molecule has 1 aliphatic heterocycles. The molecule has 0 unspecified atom stereocenters. The molecular formula is C11H16N2O2. The summed E-state index contributed by atoms with van der Waals surface area (Å²) in [4.78, 5) is 0. The minimum absolute atomic E-state index is 0.280. The van der Waals surface area contributed by atoms with Crippen LogP contribution in [0, 0.1) is 6.92 Å². The predicted molar refractivity (Wildman–Crippen MR) is 57.6 cm³/mol. The van der Waals surface area contributed by atoms with Gasteiger partial charge in [-0.1, -0.05) is 17.7 Å². The number of ether oxygens (including phenoxy) is 2. The average Bonchev–Trinajstić information content (AvgIpc) is 2.17. The van der Waals surface area contributed by atoms with E-state index in [1.54, 1.807) is 7.11 Å². The summed E-state index contributed by atoms with van der Waals surface area (Å²) in [5, 5.41) is 0. The Hall–Kier alpha value is -1.10. The molecule has 1 fully saturated rings. The molecular weight excluding hydrogens is 192 g/mol. The van der Waals surface area contributed by atoms with Gasteiger partial charge in [0.1, 0.15) is 11.3 Å². The highest BCUT2D eigenvalue weighted by atomic mass is 16.5. The van der Waals surface area contributed by atoms with Crippen LogP contribution in [0.5, 0.6) is 5.75 Å². The van der Waals surface area contributed by atoms with Crippen LogP contribution in [0.3, 0.4) is 0 Å². The Bertz CT molecular complexity index is 356. The van der Waals surface area contributed by atoms with Gasteiger partial charge in [-0.05, 0) is 13.0 Å². The van der Waals surface area contributed by atoms with Gasteiger partial charge in [-0.2, -0.15) is 0 Å². The molecule has 0 aliphatic carbocycles. The third-order valence-electron chi connectivity index (χ3n) is 2.84. The normalized spacial score (nSPS) is 18.3. The number of benzene rings is 1. The van der Waals surface area contributed by atoms with Gasteiger partial charge in [-0.15, -0.1) is 0 Å². The Labute approximate surface area is 89.3 Å². The van der Waals surface area contributed by atoms with E-state index >= 15 is 0 Å². The molecule has 0 aromatic heterocycles. The summed E-state index contributed by atoms with van der Waals surface area (Å²) in [6, 6.07) is 6.06. The third kappa shape index (κ3) is 1.61. The molecule has 1 aromatic rings. The Morgan fingerprint density at radius 2 is 2.20 bits per heavy atom. The summed E-state index contributed by atoms with van der Waals surface area (Å²) < 4.78 is 10.6. The molecule has 1 aromatic carbocycles. The van der Waals surface area contributed by atoms with Crippen molar-refractivity contribution in [3.05, 3.63) is 29.3 Å². The van der Waals surface area contributed by atoms with E-state index in [1.807, 2.05) is 19.1 Å².